The largest absolute Gasteiger partial charge is 0.384 e. The van der Waals surface area contributed by atoms with E-state index in [4.69, 9.17) is 5.73 Å². The maximum Gasteiger partial charge on any atom is 0.142 e. The van der Waals surface area contributed by atoms with Crippen molar-refractivity contribution in [3.63, 3.8) is 0 Å². The van der Waals surface area contributed by atoms with Gasteiger partial charge in [-0.3, -0.25) is 4.90 Å². The fraction of sp³-hybridized carbons (Fsp3) is 0.684. The highest BCUT2D eigenvalue weighted by Crippen LogP contribution is 2.36. The Labute approximate surface area is 264 Å². The molecule has 244 valence electrons. The lowest BCUT2D eigenvalue weighted by Gasteiger charge is -2.48. The molecule has 5 heteroatoms. The summed E-state index contributed by atoms with van der Waals surface area (Å²) in [5.41, 5.74) is 5.05. The molecule has 0 heterocycles. The maximum atomic E-state index is 12.1. The number of nitrogens with one attached hydrogen (secondary N) is 1. The SMILES string of the molecule is CCCCCCCCCCCCCCCCCCN(C(CNCCN)C(C)(O)c1ccccc1)C(C)(O)c1ccccc1. The van der Waals surface area contributed by atoms with Crippen LogP contribution in [0.4, 0.5) is 0 Å². The van der Waals surface area contributed by atoms with E-state index in [1.54, 1.807) is 0 Å². The Balaban J connectivity index is 1.90. The van der Waals surface area contributed by atoms with Gasteiger partial charge < -0.3 is 21.3 Å². The second-order valence-electron chi connectivity index (χ2n) is 12.9. The van der Waals surface area contributed by atoms with Crippen molar-refractivity contribution < 1.29 is 10.2 Å². The summed E-state index contributed by atoms with van der Waals surface area (Å²) in [7, 11) is 0. The van der Waals surface area contributed by atoms with Crippen molar-refractivity contribution in [2.45, 2.75) is 141 Å². The van der Waals surface area contributed by atoms with Gasteiger partial charge in [0.25, 0.3) is 0 Å². The van der Waals surface area contributed by atoms with Crippen LogP contribution in [0, 0.1) is 0 Å². The van der Waals surface area contributed by atoms with Gasteiger partial charge in [0, 0.05) is 26.2 Å². The van der Waals surface area contributed by atoms with Crippen molar-refractivity contribution in [1.29, 1.82) is 0 Å². The lowest BCUT2D eigenvalue weighted by molar-refractivity contribution is -0.166. The second-order valence-corrected chi connectivity index (χ2v) is 12.9. The van der Waals surface area contributed by atoms with Crippen molar-refractivity contribution in [1.82, 2.24) is 10.2 Å². The fourth-order valence-electron chi connectivity index (χ4n) is 6.35. The number of nitrogens with zero attached hydrogens (tertiary/aromatic N) is 1. The van der Waals surface area contributed by atoms with Gasteiger partial charge in [0.2, 0.25) is 0 Å². The van der Waals surface area contributed by atoms with Gasteiger partial charge in [-0.1, -0.05) is 164 Å². The average molecular weight is 596 g/mol. The van der Waals surface area contributed by atoms with E-state index in [1.165, 1.54) is 89.9 Å². The van der Waals surface area contributed by atoms with Crippen LogP contribution in [0.25, 0.3) is 0 Å². The van der Waals surface area contributed by atoms with Crippen LogP contribution < -0.4 is 11.1 Å². The van der Waals surface area contributed by atoms with Crippen LogP contribution in [0.1, 0.15) is 135 Å². The predicted molar refractivity (Wildman–Crippen MR) is 184 cm³/mol. The van der Waals surface area contributed by atoms with Crippen LogP contribution in [0.5, 0.6) is 0 Å². The third kappa shape index (κ3) is 13.8. The Morgan fingerprint density at radius 1 is 0.651 bits per heavy atom. The number of aliphatic hydroxyl groups is 2. The molecule has 0 spiro atoms. The molecule has 5 nitrogen and oxygen atoms in total. The van der Waals surface area contributed by atoms with E-state index in [0.29, 0.717) is 26.2 Å². The van der Waals surface area contributed by atoms with Crippen LogP contribution in [0.3, 0.4) is 0 Å². The third-order valence-electron chi connectivity index (χ3n) is 9.17. The summed E-state index contributed by atoms with van der Waals surface area (Å²) in [6, 6.07) is 19.3. The molecule has 0 aliphatic rings. The molecule has 0 aliphatic heterocycles. The lowest BCUT2D eigenvalue weighted by Crippen LogP contribution is -2.61. The molecule has 43 heavy (non-hydrogen) atoms. The molecular weight excluding hydrogens is 530 g/mol. The summed E-state index contributed by atoms with van der Waals surface area (Å²) >= 11 is 0. The highest BCUT2D eigenvalue weighted by molar-refractivity contribution is 5.26. The zero-order valence-corrected chi connectivity index (χ0v) is 27.9. The van der Waals surface area contributed by atoms with Crippen molar-refractivity contribution in [3.05, 3.63) is 71.8 Å². The number of nitrogens with two attached hydrogens (primary N) is 1. The zero-order chi connectivity index (χ0) is 31.2. The molecule has 0 saturated carbocycles. The van der Waals surface area contributed by atoms with Gasteiger partial charge in [0.05, 0.1) is 6.04 Å². The molecule has 5 N–H and O–H groups in total. The van der Waals surface area contributed by atoms with E-state index in [2.05, 4.69) is 17.1 Å². The van der Waals surface area contributed by atoms with Gasteiger partial charge in [-0.15, -0.1) is 0 Å². The Morgan fingerprint density at radius 2 is 1.07 bits per heavy atom. The monoisotopic (exact) mass is 596 g/mol. The molecule has 0 bridgehead atoms. The van der Waals surface area contributed by atoms with E-state index in [-0.39, 0.29) is 6.04 Å². The standard InChI is InChI=1S/C38H65N3O2/c1-4-5-6-7-8-9-10-11-12-13-14-15-16-17-18-25-32-41(38(3,43)35-28-23-20-24-29-35)36(33-40-31-30-39)37(2,42)34-26-21-19-22-27-34/h19-24,26-29,36,40,42-43H,4-18,25,30-33,39H2,1-3H3. The van der Waals surface area contributed by atoms with Crippen LogP contribution in [0.15, 0.2) is 60.7 Å². The van der Waals surface area contributed by atoms with Crippen LogP contribution in [-0.4, -0.2) is 47.3 Å². The maximum absolute atomic E-state index is 12.1. The lowest BCUT2D eigenvalue weighted by atomic mass is 9.84. The van der Waals surface area contributed by atoms with E-state index in [9.17, 15) is 10.2 Å². The molecule has 0 aromatic heterocycles. The smallest absolute Gasteiger partial charge is 0.142 e. The molecule has 2 aromatic carbocycles. The van der Waals surface area contributed by atoms with Gasteiger partial charge in [0.15, 0.2) is 0 Å². The minimum Gasteiger partial charge on any atom is -0.384 e. The summed E-state index contributed by atoms with van der Waals surface area (Å²) in [5.74, 6) is 0. The van der Waals surface area contributed by atoms with Crippen molar-refractivity contribution in [2.75, 3.05) is 26.2 Å². The molecule has 0 radical (unpaired) electrons. The minimum absolute atomic E-state index is 0.368. The minimum atomic E-state index is -1.25. The van der Waals surface area contributed by atoms with Crippen LogP contribution in [0.2, 0.25) is 0 Å². The number of hydrogen-bond donors (Lipinski definition) is 4. The average Bonchev–Trinajstić information content (AvgIpc) is 3.02. The highest BCUT2D eigenvalue weighted by atomic mass is 16.3. The molecule has 0 amide bonds. The number of rotatable bonds is 26. The summed E-state index contributed by atoms with van der Waals surface area (Å²) in [5, 5.41) is 27.5. The van der Waals surface area contributed by atoms with Crippen molar-refractivity contribution in [2.24, 2.45) is 5.73 Å². The summed E-state index contributed by atoms with van der Waals surface area (Å²) in [4.78, 5) is 2.11. The number of hydrogen-bond acceptors (Lipinski definition) is 5. The van der Waals surface area contributed by atoms with Gasteiger partial charge in [-0.05, 0) is 31.4 Å². The Morgan fingerprint density at radius 3 is 1.51 bits per heavy atom. The molecule has 3 unspecified atom stereocenters. The van der Waals surface area contributed by atoms with E-state index >= 15 is 0 Å². The molecule has 0 fully saturated rings. The first kappa shape index (κ1) is 37.4. The third-order valence-corrected chi connectivity index (χ3v) is 9.17. The molecule has 2 rings (SSSR count). The van der Waals surface area contributed by atoms with Gasteiger partial charge >= 0.3 is 0 Å². The Hall–Kier alpha value is -1.76. The summed E-state index contributed by atoms with van der Waals surface area (Å²) < 4.78 is 0. The Bertz CT molecular complexity index is 919. The van der Waals surface area contributed by atoms with E-state index in [1.807, 2.05) is 74.5 Å². The van der Waals surface area contributed by atoms with Crippen molar-refractivity contribution in [3.8, 4) is 0 Å². The molecule has 0 aliphatic carbocycles. The van der Waals surface area contributed by atoms with Crippen molar-refractivity contribution >= 4 is 0 Å². The number of benzene rings is 2. The molecular formula is C38H65N3O2. The second kappa shape index (κ2) is 21.9. The number of unbranched alkanes of at least 4 members (excludes halogenated alkanes) is 15. The van der Waals surface area contributed by atoms with E-state index in [0.717, 1.165) is 24.0 Å². The predicted octanol–water partition coefficient (Wildman–Crippen LogP) is 8.24. The topological polar surface area (TPSA) is 81.8 Å². The highest BCUT2D eigenvalue weighted by Gasteiger charge is 2.44. The summed E-state index contributed by atoms with van der Waals surface area (Å²) in [6.07, 6.45) is 21.2. The van der Waals surface area contributed by atoms with Crippen LogP contribution >= 0.6 is 0 Å². The first-order chi connectivity index (χ1) is 20.9. The van der Waals surface area contributed by atoms with E-state index < -0.39 is 11.3 Å². The quantitative estimate of drug-likeness (QED) is 0.0650. The van der Waals surface area contributed by atoms with Gasteiger partial charge in [-0.2, -0.15) is 0 Å². The first-order valence-electron chi connectivity index (χ1n) is 17.6. The fourth-order valence-corrected chi connectivity index (χ4v) is 6.35. The molecule has 2 aromatic rings. The normalized spacial score (nSPS) is 15.3. The Kier molecular flexibility index (Phi) is 19.0. The molecule has 3 atom stereocenters. The molecule has 0 saturated heterocycles. The van der Waals surface area contributed by atoms with Gasteiger partial charge in [0.1, 0.15) is 11.3 Å². The van der Waals surface area contributed by atoms with Crippen LogP contribution in [-0.2, 0) is 11.3 Å². The van der Waals surface area contributed by atoms with Gasteiger partial charge in [-0.25, -0.2) is 0 Å². The summed E-state index contributed by atoms with van der Waals surface area (Å²) in [6.45, 7) is 8.41. The zero-order valence-electron chi connectivity index (χ0n) is 27.9. The first-order valence-corrected chi connectivity index (χ1v) is 17.6.